The third-order valence-corrected chi connectivity index (χ3v) is 3.60. The zero-order valence-electron chi connectivity index (χ0n) is 12.3. The lowest BCUT2D eigenvalue weighted by atomic mass is 10.1. The Balaban J connectivity index is 2.31. The van der Waals surface area contributed by atoms with Gasteiger partial charge in [-0.25, -0.2) is 8.42 Å². The summed E-state index contributed by atoms with van der Waals surface area (Å²) in [5, 5.41) is 7.62. The molecule has 0 atom stereocenters. The molecule has 1 heterocycles. The molecule has 0 aromatic carbocycles. The lowest BCUT2D eigenvalue weighted by Crippen LogP contribution is -2.36. The smallest absolute Gasteiger partial charge is 0.149 e. The van der Waals surface area contributed by atoms with Crippen LogP contribution in [0.15, 0.2) is 12.4 Å². The average Bonchev–Trinajstić information content (AvgIpc) is 2.67. The highest BCUT2D eigenvalue weighted by Crippen LogP contribution is 2.04. The first-order chi connectivity index (χ1) is 8.66. The molecule has 0 amide bonds. The van der Waals surface area contributed by atoms with Crippen molar-refractivity contribution < 1.29 is 8.42 Å². The van der Waals surface area contributed by atoms with Crippen LogP contribution in [-0.4, -0.2) is 42.3 Å². The van der Waals surface area contributed by atoms with E-state index in [2.05, 4.69) is 31.2 Å². The van der Waals surface area contributed by atoms with E-state index < -0.39 is 9.84 Å². The maximum Gasteiger partial charge on any atom is 0.149 e. The Morgan fingerprint density at radius 3 is 2.63 bits per heavy atom. The Kier molecular flexibility index (Phi) is 5.55. The fourth-order valence-corrected chi connectivity index (χ4v) is 2.19. The second-order valence-corrected chi connectivity index (χ2v) is 8.28. The molecular formula is C13H25N3O2S. The van der Waals surface area contributed by atoms with Crippen molar-refractivity contribution >= 4 is 9.84 Å². The summed E-state index contributed by atoms with van der Waals surface area (Å²) in [7, 11) is -2.92. The third-order valence-electron chi connectivity index (χ3n) is 2.68. The molecule has 0 bridgehead atoms. The van der Waals surface area contributed by atoms with Crippen LogP contribution >= 0.6 is 0 Å². The summed E-state index contributed by atoms with van der Waals surface area (Å²) < 4.78 is 23.8. The van der Waals surface area contributed by atoms with Crippen molar-refractivity contribution in [3.8, 4) is 0 Å². The number of aryl methyl sites for hydroxylation is 2. The average molecular weight is 287 g/mol. The van der Waals surface area contributed by atoms with Crippen molar-refractivity contribution in [2.45, 2.75) is 45.7 Å². The third kappa shape index (κ3) is 8.00. The van der Waals surface area contributed by atoms with Gasteiger partial charge >= 0.3 is 0 Å². The second-order valence-electron chi connectivity index (χ2n) is 6.02. The molecule has 0 fully saturated rings. The predicted octanol–water partition coefficient (Wildman–Crippen LogP) is 1.25. The molecule has 5 nitrogen and oxygen atoms in total. The molecule has 0 spiro atoms. The first-order valence-electron chi connectivity index (χ1n) is 6.60. The van der Waals surface area contributed by atoms with Crippen molar-refractivity contribution in [2.75, 3.05) is 18.6 Å². The molecule has 0 aliphatic rings. The van der Waals surface area contributed by atoms with E-state index in [1.54, 1.807) is 4.68 Å². The minimum absolute atomic E-state index is 0.139. The van der Waals surface area contributed by atoms with Gasteiger partial charge in [0.05, 0.1) is 18.5 Å². The highest BCUT2D eigenvalue weighted by molar-refractivity contribution is 7.90. The molecule has 1 aromatic rings. The van der Waals surface area contributed by atoms with Crippen molar-refractivity contribution in [3.05, 3.63) is 18.0 Å². The van der Waals surface area contributed by atoms with Gasteiger partial charge in [0.2, 0.25) is 0 Å². The quantitative estimate of drug-likeness (QED) is 0.767. The summed E-state index contributed by atoms with van der Waals surface area (Å²) in [6.45, 7) is 7.85. The minimum atomic E-state index is -2.92. The van der Waals surface area contributed by atoms with Gasteiger partial charge < -0.3 is 5.32 Å². The largest absolute Gasteiger partial charge is 0.312 e. The van der Waals surface area contributed by atoms with E-state index in [1.807, 2.05) is 12.4 Å². The maximum atomic E-state index is 11.1. The monoisotopic (exact) mass is 287 g/mol. The number of sulfone groups is 1. The molecule has 19 heavy (non-hydrogen) atoms. The Labute approximate surface area is 116 Å². The fraction of sp³-hybridized carbons (Fsp3) is 0.769. The van der Waals surface area contributed by atoms with Crippen molar-refractivity contribution in [1.29, 1.82) is 0 Å². The molecule has 0 saturated heterocycles. The summed E-state index contributed by atoms with van der Waals surface area (Å²) in [6.07, 6.45) is 7.01. The Morgan fingerprint density at radius 2 is 2.05 bits per heavy atom. The molecule has 0 radical (unpaired) electrons. The van der Waals surface area contributed by atoms with Crippen LogP contribution in [0.1, 0.15) is 32.8 Å². The van der Waals surface area contributed by atoms with E-state index in [1.165, 1.54) is 6.26 Å². The Morgan fingerprint density at radius 1 is 1.37 bits per heavy atom. The molecule has 0 unspecified atom stereocenters. The van der Waals surface area contributed by atoms with Gasteiger partial charge in [0, 0.05) is 18.0 Å². The van der Waals surface area contributed by atoms with Gasteiger partial charge in [-0.2, -0.15) is 5.10 Å². The molecule has 1 N–H and O–H groups in total. The van der Waals surface area contributed by atoms with E-state index in [4.69, 9.17) is 0 Å². The zero-order chi connectivity index (χ0) is 14.5. The minimum Gasteiger partial charge on any atom is -0.312 e. The zero-order valence-corrected chi connectivity index (χ0v) is 13.1. The maximum absolute atomic E-state index is 11.1. The molecule has 1 aromatic heterocycles. The van der Waals surface area contributed by atoms with Crippen molar-refractivity contribution in [3.63, 3.8) is 0 Å². The number of nitrogens with zero attached hydrogens (tertiary/aromatic N) is 2. The number of hydrogen-bond donors (Lipinski definition) is 1. The molecule has 1 rings (SSSR count). The molecule has 0 saturated carbocycles. The van der Waals surface area contributed by atoms with E-state index in [0.29, 0.717) is 6.54 Å². The van der Waals surface area contributed by atoms with Crippen LogP contribution < -0.4 is 5.32 Å². The van der Waals surface area contributed by atoms with Gasteiger partial charge in [0.25, 0.3) is 0 Å². The van der Waals surface area contributed by atoms with E-state index >= 15 is 0 Å². The van der Waals surface area contributed by atoms with Gasteiger partial charge in [0.1, 0.15) is 9.84 Å². The van der Waals surface area contributed by atoms with Crippen molar-refractivity contribution in [2.24, 2.45) is 0 Å². The SMILES string of the molecule is CC(C)(C)NCCCc1cnn(CCS(C)(=O)=O)c1. The summed E-state index contributed by atoms with van der Waals surface area (Å²) in [5.41, 5.74) is 1.31. The summed E-state index contributed by atoms with van der Waals surface area (Å²) in [4.78, 5) is 0. The number of nitrogens with one attached hydrogen (secondary N) is 1. The lowest BCUT2D eigenvalue weighted by Gasteiger charge is -2.20. The Bertz CT molecular complexity index is 486. The van der Waals surface area contributed by atoms with Crippen LogP contribution in [-0.2, 0) is 22.8 Å². The van der Waals surface area contributed by atoms with Crippen LogP contribution in [0, 0.1) is 0 Å². The highest BCUT2D eigenvalue weighted by atomic mass is 32.2. The molecule has 6 heteroatoms. The van der Waals surface area contributed by atoms with Gasteiger partial charge in [0.15, 0.2) is 0 Å². The fourth-order valence-electron chi connectivity index (χ4n) is 1.67. The van der Waals surface area contributed by atoms with E-state index in [-0.39, 0.29) is 11.3 Å². The van der Waals surface area contributed by atoms with Gasteiger partial charge in [-0.3, -0.25) is 4.68 Å². The van der Waals surface area contributed by atoms with Crippen LogP contribution in [0.5, 0.6) is 0 Å². The molecule has 110 valence electrons. The molecule has 0 aliphatic carbocycles. The molecule has 0 aliphatic heterocycles. The van der Waals surface area contributed by atoms with Gasteiger partial charge in [-0.1, -0.05) is 0 Å². The van der Waals surface area contributed by atoms with Crippen LogP contribution in [0.2, 0.25) is 0 Å². The van der Waals surface area contributed by atoms with Crippen LogP contribution in [0.25, 0.3) is 0 Å². The predicted molar refractivity (Wildman–Crippen MR) is 78.0 cm³/mol. The molecular weight excluding hydrogens is 262 g/mol. The summed E-state index contributed by atoms with van der Waals surface area (Å²) in [5.74, 6) is 0.139. The topological polar surface area (TPSA) is 64.0 Å². The standard InChI is InChI=1S/C13H25N3O2S/c1-13(2,3)14-7-5-6-12-10-15-16(11-12)8-9-19(4,17)18/h10-11,14H,5-9H2,1-4H3. The van der Waals surface area contributed by atoms with Gasteiger partial charge in [-0.15, -0.1) is 0 Å². The number of aromatic nitrogens is 2. The normalized spacial score (nSPS) is 12.8. The Hall–Kier alpha value is -0.880. The first kappa shape index (κ1) is 16.2. The van der Waals surface area contributed by atoms with Crippen LogP contribution in [0.4, 0.5) is 0 Å². The first-order valence-corrected chi connectivity index (χ1v) is 8.66. The van der Waals surface area contributed by atoms with E-state index in [9.17, 15) is 8.42 Å². The van der Waals surface area contributed by atoms with E-state index in [0.717, 1.165) is 24.9 Å². The second kappa shape index (κ2) is 6.52. The highest BCUT2D eigenvalue weighted by Gasteiger charge is 2.08. The van der Waals surface area contributed by atoms with Crippen LogP contribution in [0.3, 0.4) is 0 Å². The summed E-state index contributed by atoms with van der Waals surface area (Å²) in [6, 6.07) is 0. The number of hydrogen-bond acceptors (Lipinski definition) is 4. The summed E-state index contributed by atoms with van der Waals surface area (Å²) >= 11 is 0. The van der Waals surface area contributed by atoms with Crippen molar-refractivity contribution in [1.82, 2.24) is 15.1 Å². The number of rotatable bonds is 7. The van der Waals surface area contributed by atoms with Gasteiger partial charge in [-0.05, 0) is 45.7 Å². The lowest BCUT2D eigenvalue weighted by molar-refractivity contribution is 0.422.